The topological polar surface area (TPSA) is 97.2 Å². The molecule has 2 aromatic heterocycles. The summed E-state index contributed by atoms with van der Waals surface area (Å²) in [6.45, 7) is 0.177. The van der Waals surface area contributed by atoms with Crippen LogP contribution >= 0.6 is 11.8 Å². The summed E-state index contributed by atoms with van der Waals surface area (Å²) < 4.78 is 1.66. The molecule has 0 atom stereocenters. The zero-order valence-electron chi connectivity index (χ0n) is 19.1. The predicted octanol–water partition coefficient (Wildman–Crippen LogP) is 4.40. The zero-order chi connectivity index (χ0) is 24.9. The third kappa shape index (κ3) is 4.96. The first-order valence-electron chi connectivity index (χ1n) is 11.2. The lowest BCUT2D eigenvalue weighted by molar-refractivity contribution is -0.122. The molecule has 1 saturated heterocycles. The van der Waals surface area contributed by atoms with Gasteiger partial charge in [0.25, 0.3) is 17.1 Å². The first-order chi connectivity index (χ1) is 17.6. The number of aromatic nitrogens is 3. The Bertz CT molecular complexity index is 1440. The third-order valence-corrected chi connectivity index (χ3v) is 6.41. The molecule has 9 heteroatoms. The van der Waals surface area contributed by atoms with E-state index in [2.05, 4.69) is 15.4 Å². The van der Waals surface area contributed by atoms with Gasteiger partial charge in [-0.2, -0.15) is 5.10 Å². The molecule has 36 heavy (non-hydrogen) atoms. The fraction of sp³-hybridized carbons (Fsp3) is 0.0741. The number of pyridine rings is 1. The van der Waals surface area contributed by atoms with Crippen molar-refractivity contribution in [3.05, 3.63) is 107 Å². The second-order valence-electron chi connectivity index (χ2n) is 7.91. The monoisotopic (exact) mass is 495 g/mol. The minimum absolute atomic E-state index is 0.0638. The number of thioether (sulfide) groups is 1. The van der Waals surface area contributed by atoms with Gasteiger partial charge in [0, 0.05) is 37.2 Å². The molecule has 3 amide bonds. The number of nitrogens with one attached hydrogen (secondary N) is 1. The fourth-order valence-corrected chi connectivity index (χ4v) is 4.61. The predicted molar refractivity (Wildman–Crippen MR) is 138 cm³/mol. The number of benzene rings is 2. The Balaban J connectivity index is 1.30. The van der Waals surface area contributed by atoms with Crippen molar-refractivity contribution >= 4 is 34.9 Å². The van der Waals surface area contributed by atoms with E-state index in [4.69, 9.17) is 0 Å². The van der Waals surface area contributed by atoms with Crippen LogP contribution in [0.3, 0.4) is 0 Å². The lowest BCUT2D eigenvalue weighted by atomic mass is 10.1. The van der Waals surface area contributed by atoms with Gasteiger partial charge in [0.15, 0.2) is 0 Å². The highest BCUT2D eigenvalue weighted by atomic mass is 32.2. The van der Waals surface area contributed by atoms with Gasteiger partial charge in [-0.15, -0.1) is 0 Å². The van der Waals surface area contributed by atoms with Crippen LogP contribution in [-0.2, 0) is 4.79 Å². The molecular weight excluding hydrogens is 474 g/mol. The van der Waals surface area contributed by atoms with Crippen LogP contribution < -0.4 is 5.32 Å². The highest BCUT2D eigenvalue weighted by Gasteiger charge is 2.34. The van der Waals surface area contributed by atoms with Crippen LogP contribution in [0.15, 0.2) is 96.3 Å². The quantitative estimate of drug-likeness (QED) is 0.382. The summed E-state index contributed by atoms with van der Waals surface area (Å²) in [5.74, 6) is -0.723. The van der Waals surface area contributed by atoms with Crippen molar-refractivity contribution in [2.24, 2.45) is 0 Å². The van der Waals surface area contributed by atoms with E-state index in [1.807, 2.05) is 60.7 Å². The first-order valence-corrected chi connectivity index (χ1v) is 12.1. The zero-order valence-corrected chi connectivity index (χ0v) is 19.9. The summed E-state index contributed by atoms with van der Waals surface area (Å²) in [7, 11) is 0. The summed E-state index contributed by atoms with van der Waals surface area (Å²) in [6, 6.07) is 22.5. The lowest BCUT2D eigenvalue weighted by Gasteiger charge is -2.13. The smallest absolute Gasteiger partial charge is 0.293 e. The minimum atomic E-state index is -0.384. The van der Waals surface area contributed by atoms with Crippen molar-refractivity contribution in [3.8, 4) is 16.9 Å². The molecule has 1 aliphatic heterocycles. The maximum Gasteiger partial charge on any atom is 0.293 e. The third-order valence-electron chi connectivity index (χ3n) is 5.50. The van der Waals surface area contributed by atoms with E-state index in [-0.39, 0.29) is 30.1 Å². The Morgan fingerprint density at radius 1 is 0.972 bits per heavy atom. The van der Waals surface area contributed by atoms with Crippen molar-refractivity contribution in [3.63, 3.8) is 0 Å². The van der Waals surface area contributed by atoms with E-state index in [1.54, 1.807) is 41.5 Å². The second-order valence-corrected chi connectivity index (χ2v) is 8.91. The molecule has 178 valence electrons. The van der Waals surface area contributed by atoms with Gasteiger partial charge in [-0.3, -0.25) is 24.3 Å². The Kier molecular flexibility index (Phi) is 6.72. The van der Waals surface area contributed by atoms with Crippen molar-refractivity contribution in [1.82, 2.24) is 25.0 Å². The van der Waals surface area contributed by atoms with Crippen molar-refractivity contribution < 1.29 is 14.4 Å². The Morgan fingerprint density at radius 3 is 2.44 bits per heavy atom. The SMILES string of the molecule is O=C(NCCN1C(=O)S/C(=C\c2cccnc2)C1=O)c1cn(-c2ccccc2)nc1-c1ccccc1. The van der Waals surface area contributed by atoms with Gasteiger partial charge in [-0.1, -0.05) is 54.6 Å². The van der Waals surface area contributed by atoms with Gasteiger partial charge in [-0.05, 0) is 41.6 Å². The highest BCUT2D eigenvalue weighted by molar-refractivity contribution is 8.18. The number of para-hydroxylation sites is 1. The van der Waals surface area contributed by atoms with Crippen LogP contribution in [-0.4, -0.2) is 49.8 Å². The lowest BCUT2D eigenvalue weighted by Crippen LogP contribution is -2.37. The summed E-state index contributed by atoms with van der Waals surface area (Å²) in [6.07, 6.45) is 6.58. The number of carbonyl (C=O) groups is 3. The van der Waals surface area contributed by atoms with E-state index in [9.17, 15) is 14.4 Å². The molecule has 0 radical (unpaired) electrons. The van der Waals surface area contributed by atoms with Crippen LogP contribution in [0.2, 0.25) is 0 Å². The molecule has 0 aliphatic carbocycles. The molecule has 0 spiro atoms. The van der Waals surface area contributed by atoms with Crippen LogP contribution in [0.4, 0.5) is 4.79 Å². The Hall–Kier alpha value is -4.50. The molecule has 2 aromatic carbocycles. The van der Waals surface area contributed by atoms with Gasteiger partial charge >= 0.3 is 0 Å². The van der Waals surface area contributed by atoms with Gasteiger partial charge in [-0.25, -0.2) is 4.68 Å². The number of hydrogen-bond acceptors (Lipinski definition) is 6. The fourth-order valence-electron chi connectivity index (χ4n) is 3.74. The van der Waals surface area contributed by atoms with E-state index >= 15 is 0 Å². The van der Waals surface area contributed by atoms with Gasteiger partial charge < -0.3 is 5.32 Å². The summed E-state index contributed by atoms with van der Waals surface area (Å²) in [4.78, 5) is 43.8. The standard InChI is InChI=1S/C27H21N5O3S/c33-25(29-14-15-31-26(34)23(36-27(31)35)16-19-8-7-13-28-17-19)22-18-32(21-11-5-2-6-12-21)30-24(22)20-9-3-1-4-10-20/h1-13,16-18H,14-15H2,(H,29,33)/b23-16-. The van der Waals surface area contributed by atoms with E-state index in [0.717, 1.165) is 33.5 Å². The number of imide groups is 1. The number of hydrogen-bond donors (Lipinski definition) is 1. The average Bonchev–Trinajstić information content (AvgIpc) is 3.48. The molecule has 5 rings (SSSR count). The molecule has 0 bridgehead atoms. The van der Waals surface area contributed by atoms with E-state index in [1.165, 1.54) is 0 Å². The molecule has 4 aromatic rings. The molecule has 1 aliphatic rings. The largest absolute Gasteiger partial charge is 0.350 e. The van der Waals surface area contributed by atoms with Gasteiger partial charge in [0.2, 0.25) is 0 Å². The molecule has 1 N–H and O–H groups in total. The number of rotatable bonds is 7. The van der Waals surface area contributed by atoms with Gasteiger partial charge in [0.1, 0.15) is 5.69 Å². The summed E-state index contributed by atoms with van der Waals surface area (Å²) >= 11 is 0.877. The van der Waals surface area contributed by atoms with E-state index in [0.29, 0.717) is 16.2 Å². The van der Waals surface area contributed by atoms with Crippen LogP contribution in [0.25, 0.3) is 23.0 Å². The Labute approximate surface area is 211 Å². The summed E-state index contributed by atoms with van der Waals surface area (Å²) in [5, 5.41) is 7.11. The average molecular weight is 496 g/mol. The molecule has 0 unspecified atom stereocenters. The molecule has 1 fully saturated rings. The van der Waals surface area contributed by atoms with Crippen LogP contribution in [0, 0.1) is 0 Å². The molecule has 8 nitrogen and oxygen atoms in total. The summed E-state index contributed by atoms with van der Waals surface area (Å²) in [5.41, 5.74) is 3.31. The van der Waals surface area contributed by atoms with Crippen molar-refractivity contribution in [1.29, 1.82) is 0 Å². The second kappa shape index (κ2) is 10.4. The van der Waals surface area contributed by atoms with Crippen LogP contribution in [0.5, 0.6) is 0 Å². The molecule has 0 saturated carbocycles. The molecule has 3 heterocycles. The van der Waals surface area contributed by atoms with E-state index < -0.39 is 0 Å². The normalized spacial score (nSPS) is 14.4. The van der Waals surface area contributed by atoms with Crippen LogP contribution in [0.1, 0.15) is 15.9 Å². The minimum Gasteiger partial charge on any atom is -0.350 e. The van der Waals surface area contributed by atoms with Crippen molar-refractivity contribution in [2.75, 3.05) is 13.1 Å². The first kappa shape index (κ1) is 23.3. The maximum absolute atomic E-state index is 13.1. The number of amides is 3. The molecular formula is C27H21N5O3S. The Morgan fingerprint density at radius 2 is 1.72 bits per heavy atom. The van der Waals surface area contributed by atoms with Gasteiger partial charge in [0.05, 0.1) is 16.2 Å². The highest BCUT2D eigenvalue weighted by Crippen LogP contribution is 2.31. The number of carbonyl (C=O) groups excluding carboxylic acids is 3. The maximum atomic E-state index is 13.1. The number of nitrogens with zero attached hydrogens (tertiary/aromatic N) is 4. The van der Waals surface area contributed by atoms with Crippen molar-refractivity contribution in [2.45, 2.75) is 0 Å².